The van der Waals surface area contributed by atoms with E-state index in [0.717, 1.165) is 24.0 Å². The fourth-order valence-corrected chi connectivity index (χ4v) is 2.35. The van der Waals surface area contributed by atoms with Crippen molar-refractivity contribution in [3.63, 3.8) is 0 Å². The van der Waals surface area contributed by atoms with E-state index in [2.05, 4.69) is 12.2 Å². The van der Waals surface area contributed by atoms with Crippen molar-refractivity contribution in [2.75, 3.05) is 13.7 Å². The van der Waals surface area contributed by atoms with Crippen molar-refractivity contribution in [1.82, 2.24) is 5.32 Å². The van der Waals surface area contributed by atoms with E-state index >= 15 is 0 Å². The molecule has 2 aromatic carbocycles. The van der Waals surface area contributed by atoms with E-state index in [0.29, 0.717) is 31.1 Å². The molecule has 4 nitrogen and oxygen atoms in total. The number of ether oxygens (including phenoxy) is 2. The van der Waals surface area contributed by atoms with Crippen LogP contribution in [0.1, 0.15) is 41.3 Å². The van der Waals surface area contributed by atoms with E-state index in [4.69, 9.17) is 9.47 Å². The number of rotatable bonds is 9. The summed E-state index contributed by atoms with van der Waals surface area (Å²) >= 11 is 0. The van der Waals surface area contributed by atoms with Gasteiger partial charge in [-0.15, -0.1) is 0 Å². The fraction of sp³-hybridized carbons (Fsp3) is 0.350. The van der Waals surface area contributed by atoms with Crippen LogP contribution in [-0.2, 0) is 17.9 Å². The normalized spacial score (nSPS) is 10.5. The molecule has 0 radical (unpaired) electrons. The summed E-state index contributed by atoms with van der Waals surface area (Å²) in [4.78, 5) is 12.3. The summed E-state index contributed by atoms with van der Waals surface area (Å²) < 4.78 is 23.9. The summed E-state index contributed by atoms with van der Waals surface area (Å²) in [5.74, 6) is 0.214. The molecule has 0 spiro atoms. The maximum absolute atomic E-state index is 12.9. The van der Waals surface area contributed by atoms with Gasteiger partial charge in [0.25, 0.3) is 5.91 Å². The lowest BCUT2D eigenvalue weighted by Gasteiger charge is -2.12. The number of carbonyl (C=O) groups is 1. The maximum atomic E-state index is 12.9. The van der Waals surface area contributed by atoms with E-state index in [9.17, 15) is 9.18 Å². The van der Waals surface area contributed by atoms with E-state index in [-0.39, 0.29) is 11.7 Å². The zero-order chi connectivity index (χ0) is 18.1. The highest BCUT2D eigenvalue weighted by atomic mass is 19.1. The summed E-state index contributed by atoms with van der Waals surface area (Å²) in [5.41, 5.74) is 2.22. The van der Waals surface area contributed by atoms with Gasteiger partial charge in [0, 0.05) is 24.3 Å². The van der Waals surface area contributed by atoms with Gasteiger partial charge < -0.3 is 14.8 Å². The third-order valence-corrected chi connectivity index (χ3v) is 3.81. The van der Waals surface area contributed by atoms with Crippen molar-refractivity contribution >= 4 is 5.91 Å². The van der Waals surface area contributed by atoms with Crippen LogP contribution >= 0.6 is 0 Å². The topological polar surface area (TPSA) is 47.6 Å². The predicted molar refractivity (Wildman–Crippen MR) is 95.1 cm³/mol. The zero-order valence-electron chi connectivity index (χ0n) is 14.7. The number of nitrogens with one attached hydrogen (secondary N) is 1. The van der Waals surface area contributed by atoms with Crippen LogP contribution in [-0.4, -0.2) is 19.6 Å². The second-order valence-electron chi connectivity index (χ2n) is 5.74. The molecule has 1 N–H and O–H groups in total. The number of hydrogen-bond acceptors (Lipinski definition) is 3. The Bertz CT molecular complexity index is 686. The minimum absolute atomic E-state index is 0.193. The molecule has 0 aliphatic carbocycles. The van der Waals surface area contributed by atoms with Crippen LogP contribution in [0.4, 0.5) is 4.39 Å². The summed E-state index contributed by atoms with van der Waals surface area (Å²) in [6.07, 6.45) is 2.07. The monoisotopic (exact) mass is 345 g/mol. The smallest absolute Gasteiger partial charge is 0.251 e. The third-order valence-electron chi connectivity index (χ3n) is 3.81. The lowest BCUT2D eigenvalue weighted by atomic mass is 10.1. The van der Waals surface area contributed by atoms with E-state index in [1.807, 2.05) is 0 Å². The SMILES string of the molecule is CCCCOCc1cc(C(=O)NCc2ccc(F)cc2)ccc1OC. The maximum Gasteiger partial charge on any atom is 0.251 e. The van der Waals surface area contributed by atoms with Crippen LogP contribution in [0.25, 0.3) is 0 Å². The molecule has 0 fully saturated rings. The molecular weight excluding hydrogens is 321 g/mol. The average Bonchev–Trinajstić information content (AvgIpc) is 2.64. The lowest BCUT2D eigenvalue weighted by molar-refractivity contribution is 0.0949. The van der Waals surface area contributed by atoms with Crippen LogP contribution in [0.2, 0.25) is 0 Å². The number of methoxy groups -OCH3 is 1. The van der Waals surface area contributed by atoms with Gasteiger partial charge in [0.1, 0.15) is 11.6 Å². The van der Waals surface area contributed by atoms with Crippen molar-refractivity contribution in [3.8, 4) is 5.75 Å². The van der Waals surface area contributed by atoms with E-state index in [1.165, 1.54) is 12.1 Å². The second kappa shape index (κ2) is 9.79. The number of carbonyl (C=O) groups excluding carboxylic acids is 1. The Morgan fingerprint density at radius 1 is 1.16 bits per heavy atom. The Hall–Kier alpha value is -2.40. The largest absolute Gasteiger partial charge is 0.496 e. The van der Waals surface area contributed by atoms with Crippen LogP contribution in [0, 0.1) is 5.82 Å². The standard InChI is InChI=1S/C20H24FNO3/c1-3-4-11-25-14-17-12-16(7-10-19(17)24-2)20(23)22-13-15-5-8-18(21)9-6-15/h5-10,12H,3-4,11,13-14H2,1-2H3,(H,22,23). The van der Waals surface area contributed by atoms with Gasteiger partial charge in [-0.3, -0.25) is 4.79 Å². The van der Waals surface area contributed by atoms with Crippen LogP contribution in [0.15, 0.2) is 42.5 Å². The average molecular weight is 345 g/mol. The van der Waals surface area contributed by atoms with Crippen molar-refractivity contribution in [1.29, 1.82) is 0 Å². The fourth-order valence-electron chi connectivity index (χ4n) is 2.35. The number of halogens is 1. The molecule has 1 amide bonds. The molecule has 0 aliphatic heterocycles. The predicted octanol–water partition coefficient (Wildman–Crippen LogP) is 4.08. The molecule has 5 heteroatoms. The Morgan fingerprint density at radius 3 is 2.60 bits per heavy atom. The first-order valence-electron chi connectivity index (χ1n) is 8.41. The third kappa shape index (κ3) is 5.87. The molecule has 0 unspecified atom stereocenters. The first kappa shape index (κ1) is 18.9. The molecule has 0 saturated carbocycles. The lowest BCUT2D eigenvalue weighted by Crippen LogP contribution is -2.23. The first-order valence-corrected chi connectivity index (χ1v) is 8.41. The molecule has 25 heavy (non-hydrogen) atoms. The summed E-state index contributed by atoms with van der Waals surface area (Å²) in [6, 6.07) is 11.3. The second-order valence-corrected chi connectivity index (χ2v) is 5.74. The van der Waals surface area contributed by atoms with E-state index < -0.39 is 0 Å². The Labute approximate surface area is 148 Å². The van der Waals surface area contributed by atoms with Crippen molar-refractivity contribution < 1.29 is 18.7 Å². The van der Waals surface area contributed by atoms with Gasteiger partial charge in [0.05, 0.1) is 13.7 Å². The van der Waals surface area contributed by atoms with Crippen molar-refractivity contribution in [3.05, 3.63) is 65.0 Å². The number of amides is 1. The number of hydrogen-bond donors (Lipinski definition) is 1. The summed E-state index contributed by atoms with van der Waals surface area (Å²) in [7, 11) is 1.60. The van der Waals surface area contributed by atoms with Gasteiger partial charge in [-0.25, -0.2) is 4.39 Å². The van der Waals surface area contributed by atoms with Gasteiger partial charge in [0.2, 0.25) is 0 Å². The molecule has 0 aromatic heterocycles. The zero-order valence-corrected chi connectivity index (χ0v) is 14.7. The van der Waals surface area contributed by atoms with Gasteiger partial charge >= 0.3 is 0 Å². The molecule has 0 aliphatic rings. The van der Waals surface area contributed by atoms with Gasteiger partial charge in [0.15, 0.2) is 0 Å². The Morgan fingerprint density at radius 2 is 1.92 bits per heavy atom. The summed E-state index contributed by atoms with van der Waals surface area (Å²) in [5, 5.41) is 2.83. The van der Waals surface area contributed by atoms with Crippen LogP contribution in [0.3, 0.4) is 0 Å². The van der Waals surface area contributed by atoms with Gasteiger partial charge in [-0.1, -0.05) is 25.5 Å². The molecule has 2 rings (SSSR count). The molecule has 0 bridgehead atoms. The molecular formula is C20H24FNO3. The van der Waals surface area contributed by atoms with E-state index in [1.54, 1.807) is 37.4 Å². The number of benzene rings is 2. The van der Waals surface area contributed by atoms with Crippen molar-refractivity contribution in [2.24, 2.45) is 0 Å². The van der Waals surface area contributed by atoms with Crippen LogP contribution in [0.5, 0.6) is 5.75 Å². The molecule has 0 heterocycles. The minimum atomic E-state index is -0.294. The molecule has 0 saturated heterocycles. The first-order chi connectivity index (χ1) is 12.1. The quantitative estimate of drug-likeness (QED) is 0.697. The van der Waals surface area contributed by atoms with Gasteiger partial charge in [-0.2, -0.15) is 0 Å². The molecule has 2 aromatic rings. The highest BCUT2D eigenvalue weighted by molar-refractivity contribution is 5.94. The molecule has 134 valence electrons. The Balaban J connectivity index is 1.99. The number of unbranched alkanes of at least 4 members (excludes halogenated alkanes) is 1. The van der Waals surface area contributed by atoms with Gasteiger partial charge in [-0.05, 0) is 42.3 Å². The van der Waals surface area contributed by atoms with Crippen LogP contribution < -0.4 is 10.1 Å². The minimum Gasteiger partial charge on any atom is -0.496 e. The Kier molecular flexibility index (Phi) is 7.41. The highest BCUT2D eigenvalue weighted by Gasteiger charge is 2.10. The van der Waals surface area contributed by atoms with Crippen molar-refractivity contribution in [2.45, 2.75) is 32.9 Å². The highest BCUT2D eigenvalue weighted by Crippen LogP contribution is 2.21. The summed E-state index contributed by atoms with van der Waals surface area (Å²) in [6.45, 7) is 3.53. The molecule has 0 atom stereocenters.